The summed E-state index contributed by atoms with van der Waals surface area (Å²) in [6, 6.07) is -1.07. The monoisotopic (exact) mass is 286 g/mol. The summed E-state index contributed by atoms with van der Waals surface area (Å²) in [7, 11) is 0. The first-order valence-electron chi connectivity index (χ1n) is 6.95. The second-order valence-electron chi connectivity index (χ2n) is 5.53. The van der Waals surface area contributed by atoms with Crippen LogP contribution in [-0.4, -0.2) is 41.3 Å². The van der Waals surface area contributed by atoms with Gasteiger partial charge in [0.15, 0.2) is 11.6 Å². The van der Waals surface area contributed by atoms with Crippen molar-refractivity contribution < 1.29 is 19.5 Å². The van der Waals surface area contributed by atoms with Crippen molar-refractivity contribution in [2.24, 2.45) is 17.6 Å². The Labute approximate surface area is 120 Å². The maximum Gasteiger partial charge on any atom is 0.303 e. The van der Waals surface area contributed by atoms with Crippen LogP contribution in [0.1, 0.15) is 40.5 Å². The lowest BCUT2D eigenvalue weighted by Crippen LogP contribution is -2.43. The van der Waals surface area contributed by atoms with Gasteiger partial charge in [-0.05, 0) is 13.3 Å². The number of nitrogens with one attached hydrogen (secondary N) is 1. The van der Waals surface area contributed by atoms with Gasteiger partial charge in [0.05, 0.1) is 12.1 Å². The van der Waals surface area contributed by atoms with E-state index in [1.807, 2.05) is 13.8 Å². The van der Waals surface area contributed by atoms with Gasteiger partial charge in [-0.2, -0.15) is 0 Å². The smallest absolute Gasteiger partial charge is 0.303 e. The van der Waals surface area contributed by atoms with E-state index in [9.17, 15) is 14.4 Å². The van der Waals surface area contributed by atoms with E-state index >= 15 is 0 Å². The SMILES string of the molecule is CC(C)C(=O)[C@@H](C)NCC(C)C(=O)[C@@H](N)CCC(=O)O. The van der Waals surface area contributed by atoms with Gasteiger partial charge in [-0.15, -0.1) is 0 Å². The Bertz CT molecular complexity index is 355. The molecule has 0 spiro atoms. The third-order valence-corrected chi connectivity index (χ3v) is 3.25. The number of carbonyl (C=O) groups excluding carboxylic acids is 2. The molecule has 0 saturated carbocycles. The Balaban J connectivity index is 4.19. The molecule has 20 heavy (non-hydrogen) atoms. The van der Waals surface area contributed by atoms with Crippen LogP contribution in [0.3, 0.4) is 0 Å². The number of carboxylic acids is 1. The fraction of sp³-hybridized carbons (Fsp3) is 0.786. The van der Waals surface area contributed by atoms with Gasteiger partial charge in [-0.25, -0.2) is 0 Å². The normalized spacial score (nSPS) is 15.7. The average Bonchev–Trinajstić information content (AvgIpc) is 2.39. The van der Waals surface area contributed by atoms with E-state index in [0.717, 1.165) is 0 Å². The number of aliphatic carboxylic acids is 1. The molecular formula is C14H26N2O4. The van der Waals surface area contributed by atoms with Gasteiger partial charge in [-0.1, -0.05) is 20.8 Å². The Morgan fingerprint density at radius 1 is 1.10 bits per heavy atom. The molecule has 0 amide bonds. The van der Waals surface area contributed by atoms with E-state index in [-0.39, 0.29) is 42.3 Å². The summed E-state index contributed by atoms with van der Waals surface area (Å²) < 4.78 is 0. The predicted octanol–water partition coefficient (Wildman–Crippen LogP) is 0.587. The number of Topliss-reactive ketones (excluding diaryl/α,β-unsaturated/α-hetero) is 2. The van der Waals surface area contributed by atoms with Crippen LogP contribution in [0, 0.1) is 11.8 Å². The molecule has 0 heterocycles. The fourth-order valence-corrected chi connectivity index (χ4v) is 1.84. The maximum atomic E-state index is 11.9. The molecule has 0 rings (SSSR count). The number of carbonyl (C=O) groups is 3. The highest BCUT2D eigenvalue weighted by Crippen LogP contribution is 2.06. The molecular weight excluding hydrogens is 260 g/mol. The molecule has 0 aromatic carbocycles. The summed E-state index contributed by atoms with van der Waals surface area (Å²) >= 11 is 0. The number of carboxylic acid groups (broad SMARTS) is 1. The number of hydrogen-bond donors (Lipinski definition) is 3. The van der Waals surface area contributed by atoms with Crippen molar-refractivity contribution in [2.45, 2.75) is 52.6 Å². The lowest BCUT2D eigenvalue weighted by molar-refractivity contribution is -0.137. The zero-order valence-electron chi connectivity index (χ0n) is 12.7. The maximum absolute atomic E-state index is 11.9. The first-order valence-corrected chi connectivity index (χ1v) is 6.95. The van der Waals surface area contributed by atoms with Gasteiger partial charge in [0.2, 0.25) is 0 Å². The van der Waals surface area contributed by atoms with E-state index in [2.05, 4.69) is 5.32 Å². The van der Waals surface area contributed by atoms with Crippen LogP contribution in [-0.2, 0) is 14.4 Å². The van der Waals surface area contributed by atoms with Gasteiger partial charge >= 0.3 is 5.97 Å². The van der Waals surface area contributed by atoms with Crippen molar-refractivity contribution >= 4 is 17.5 Å². The quantitative estimate of drug-likeness (QED) is 0.542. The minimum Gasteiger partial charge on any atom is -0.481 e. The van der Waals surface area contributed by atoms with Crippen LogP contribution < -0.4 is 11.1 Å². The average molecular weight is 286 g/mol. The van der Waals surface area contributed by atoms with Crippen LogP contribution in [0.5, 0.6) is 0 Å². The molecule has 116 valence electrons. The molecule has 0 aromatic rings. The molecule has 6 heteroatoms. The van der Waals surface area contributed by atoms with Gasteiger partial charge in [0, 0.05) is 24.8 Å². The summed E-state index contributed by atoms with van der Waals surface area (Å²) in [5.74, 6) is -1.44. The predicted molar refractivity (Wildman–Crippen MR) is 76.3 cm³/mol. The van der Waals surface area contributed by atoms with E-state index in [4.69, 9.17) is 10.8 Å². The van der Waals surface area contributed by atoms with Crippen LogP contribution in [0.4, 0.5) is 0 Å². The first-order chi connectivity index (χ1) is 9.16. The second-order valence-corrected chi connectivity index (χ2v) is 5.53. The molecule has 0 radical (unpaired) electrons. The summed E-state index contributed by atoms with van der Waals surface area (Å²) in [5, 5.41) is 11.6. The third-order valence-electron chi connectivity index (χ3n) is 3.25. The van der Waals surface area contributed by atoms with Gasteiger partial charge in [0.25, 0.3) is 0 Å². The zero-order chi connectivity index (χ0) is 15.9. The van der Waals surface area contributed by atoms with Gasteiger partial charge in [-0.3, -0.25) is 14.4 Å². The Kier molecular flexibility index (Phi) is 8.25. The van der Waals surface area contributed by atoms with E-state index < -0.39 is 12.0 Å². The lowest BCUT2D eigenvalue weighted by atomic mass is 9.96. The number of nitrogens with two attached hydrogens (primary N) is 1. The number of hydrogen-bond acceptors (Lipinski definition) is 5. The molecule has 0 aromatic heterocycles. The minimum absolute atomic E-state index is 0.0543. The van der Waals surface area contributed by atoms with Gasteiger partial charge < -0.3 is 16.2 Å². The molecule has 0 fully saturated rings. The van der Waals surface area contributed by atoms with E-state index in [0.29, 0.717) is 6.54 Å². The molecule has 3 atom stereocenters. The molecule has 1 unspecified atom stereocenters. The minimum atomic E-state index is -0.963. The summed E-state index contributed by atoms with van der Waals surface area (Å²) in [6.07, 6.45) is 0.0221. The van der Waals surface area contributed by atoms with Crippen molar-refractivity contribution in [1.82, 2.24) is 5.32 Å². The van der Waals surface area contributed by atoms with Crippen LogP contribution >= 0.6 is 0 Å². The summed E-state index contributed by atoms with van der Waals surface area (Å²) in [5.41, 5.74) is 5.67. The standard InChI is InChI=1S/C14H26N2O4/c1-8(2)13(19)10(4)16-7-9(3)14(20)11(15)5-6-12(17)18/h8-11,16H,5-7,15H2,1-4H3,(H,17,18)/t9?,10-,11+/m1/s1. The number of rotatable bonds is 10. The molecule has 0 bridgehead atoms. The van der Waals surface area contributed by atoms with Crippen molar-refractivity contribution in [3.05, 3.63) is 0 Å². The summed E-state index contributed by atoms with van der Waals surface area (Å²) in [6.45, 7) is 7.51. The van der Waals surface area contributed by atoms with Crippen molar-refractivity contribution in [2.75, 3.05) is 6.54 Å². The third kappa shape index (κ3) is 6.77. The highest BCUT2D eigenvalue weighted by atomic mass is 16.4. The molecule has 0 aliphatic heterocycles. The van der Waals surface area contributed by atoms with Crippen molar-refractivity contribution in [1.29, 1.82) is 0 Å². The highest BCUT2D eigenvalue weighted by Gasteiger charge is 2.23. The van der Waals surface area contributed by atoms with Crippen molar-refractivity contribution in [3.8, 4) is 0 Å². The molecule has 0 aliphatic rings. The van der Waals surface area contributed by atoms with Crippen LogP contribution in [0.15, 0.2) is 0 Å². The molecule has 0 aliphatic carbocycles. The summed E-state index contributed by atoms with van der Waals surface area (Å²) in [4.78, 5) is 34.1. The van der Waals surface area contributed by atoms with Crippen LogP contribution in [0.2, 0.25) is 0 Å². The number of ketones is 2. The Morgan fingerprint density at radius 2 is 1.65 bits per heavy atom. The van der Waals surface area contributed by atoms with Gasteiger partial charge in [0.1, 0.15) is 0 Å². The lowest BCUT2D eigenvalue weighted by Gasteiger charge is -2.20. The van der Waals surface area contributed by atoms with Crippen LogP contribution in [0.25, 0.3) is 0 Å². The first kappa shape index (κ1) is 18.7. The molecule has 4 N–H and O–H groups in total. The largest absolute Gasteiger partial charge is 0.481 e. The molecule has 6 nitrogen and oxygen atoms in total. The highest BCUT2D eigenvalue weighted by molar-refractivity contribution is 5.87. The van der Waals surface area contributed by atoms with E-state index in [1.54, 1.807) is 13.8 Å². The second kappa shape index (κ2) is 8.81. The zero-order valence-corrected chi connectivity index (χ0v) is 12.7. The topological polar surface area (TPSA) is 109 Å². The van der Waals surface area contributed by atoms with E-state index in [1.165, 1.54) is 0 Å². The Morgan fingerprint density at radius 3 is 2.10 bits per heavy atom. The van der Waals surface area contributed by atoms with Crippen molar-refractivity contribution in [3.63, 3.8) is 0 Å². The fourth-order valence-electron chi connectivity index (χ4n) is 1.84. The Hall–Kier alpha value is -1.27. The molecule has 0 saturated heterocycles.